The van der Waals surface area contributed by atoms with Crippen LogP contribution in [-0.4, -0.2) is 31.8 Å². The van der Waals surface area contributed by atoms with Crippen LogP contribution in [0.4, 0.5) is 10.5 Å². The van der Waals surface area contributed by atoms with E-state index in [1.165, 1.54) is 5.56 Å². The van der Waals surface area contributed by atoms with Gasteiger partial charge < -0.3 is 20.1 Å². The highest BCUT2D eigenvalue weighted by atomic mass is 79.9. The van der Waals surface area contributed by atoms with Crippen molar-refractivity contribution in [1.29, 1.82) is 0 Å². The van der Waals surface area contributed by atoms with Crippen LogP contribution in [0.25, 0.3) is 0 Å². The van der Waals surface area contributed by atoms with Crippen molar-refractivity contribution in [1.82, 2.24) is 5.32 Å². The molecule has 0 aromatic heterocycles. The largest absolute Gasteiger partial charge is 0.492 e. The van der Waals surface area contributed by atoms with E-state index < -0.39 is 0 Å². The fraction of sp³-hybridized carbons (Fsp3) is 0.391. The number of ether oxygens (including phenoxy) is 2. The molecular formula is C23H29BrN2O4. The van der Waals surface area contributed by atoms with Crippen molar-refractivity contribution in [3.8, 4) is 5.75 Å². The number of anilines is 1. The molecule has 7 heteroatoms. The minimum Gasteiger partial charge on any atom is -0.492 e. The Morgan fingerprint density at radius 3 is 2.37 bits per heavy atom. The number of carbonyl (C=O) groups excluding carboxylic acids is 2. The van der Waals surface area contributed by atoms with Crippen molar-refractivity contribution >= 4 is 33.6 Å². The molecule has 6 nitrogen and oxygen atoms in total. The van der Waals surface area contributed by atoms with Gasteiger partial charge in [-0.3, -0.25) is 0 Å². The first-order valence-electron chi connectivity index (χ1n) is 9.95. The zero-order valence-electron chi connectivity index (χ0n) is 17.9. The molecule has 2 aromatic carbocycles. The Kier molecular flexibility index (Phi) is 8.72. The summed E-state index contributed by atoms with van der Waals surface area (Å²) in [7, 11) is 0. The summed E-state index contributed by atoms with van der Waals surface area (Å²) in [5.41, 5.74) is 2.36. The zero-order valence-corrected chi connectivity index (χ0v) is 19.5. The molecule has 0 unspecified atom stereocenters. The minimum atomic E-state index is -0.381. The zero-order chi connectivity index (χ0) is 22.1. The third-order valence-corrected chi connectivity index (χ3v) is 4.94. The van der Waals surface area contributed by atoms with Gasteiger partial charge in [0.1, 0.15) is 5.75 Å². The molecular weight excluding hydrogens is 448 g/mol. The summed E-state index contributed by atoms with van der Waals surface area (Å²) in [4.78, 5) is 23.6. The van der Waals surface area contributed by atoms with E-state index in [2.05, 4.69) is 59.5 Å². The lowest BCUT2D eigenvalue weighted by Gasteiger charge is -2.20. The molecule has 0 aliphatic heterocycles. The van der Waals surface area contributed by atoms with Gasteiger partial charge in [-0.1, -0.05) is 26.8 Å². The molecule has 0 heterocycles. The van der Waals surface area contributed by atoms with Gasteiger partial charge >= 0.3 is 12.0 Å². The predicted octanol–water partition coefficient (Wildman–Crippen LogP) is 5.51. The first-order valence-corrected chi connectivity index (χ1v) is 10.7. The topological polar surface area (TPSA) is 76.7 Å². The highest BCUT2D eigenvalue weighted by molar-refractivity contribution is 9.10. The van der Waals surface area contributed by atoms with Gasteiger partial charge in [0.2, 0.25) is 0 Å². The van der Waals surface area contributed by atoms with E-state index in [1.54, 1.807) is 31.2 Å². The van der Waals surface area contributed by atoms with Crippen LogP contribution in [-0.2, 0) is 10.2 Å². The predicted molar refractivity (Wildman–Crippen MR) is 122 cm³/mol. The quantitative estimate of drug-likeness (QED) is 0.388. The molecule has 0 saturated carbocycles. The third kappa shape index (κ3) is 7.37. The number of urea groups is 1. The summed E-state index contributed by atoms with van der Waals surface area (Å²) in [6.07, 6.45) is 0.669. The second-order valence-corrected chi connectivity index (χ2v) is 8.63. The Morgan fingerprint density at radius 1 is 1.07 bits per heavy atom. The fourth-order valence-corrected chi connectivity index (χ4v) is 3.11. The van der Waals surface area contributed by atoms with Gasteiger partial charge in [-0.15, -0.1) is 0 Å². The van der Waals surface area contributed by atoms with E-state index in [1.807, 2.05) is 6.07 Å². The lowest BCUT2D eigenvalue weighted by Crippen LogP contribution is -2.30. The van der Waals surface area contributed by atoms with Gasteiger partial charge in [-0.25, -0.2) is 9.59 Å². The van der Waals surface area contributed by atoms with Crippen LogP contribution in [0.2, 0.25) is 0 Å². The molecule has 0 fully saturated rings. The molecule has 0 aliphatic rings. The molecule has 0 bridgehead atoms. The molecule has 2 aromatic rings. The Labute approximate surface area is 186 Å². The summed E-state index contributed by atoms with van der Waals surface area (Å²) in [6, 6.07) is 12.4. The summed E-state index contributed by atoms with van der Waals surface area (Å²) in [5.74, 6) is 0.405. The van der Waals surface area contributed by atoms with Crippen LogP contribution < -0.4 is 15.4 Å². The van der Waals surface area contributed by atoms with Gasteiger partial charge in [0.25, 0.3) is 0 Å². The summed E-state index contributed by atoms with van der Waals surface area (Å²) in [5, 5.41) is 5.51. The van der Waals surface area contributed by atoms with Crippen molar-refractivity contribution in [3.63, 3.8) is 0 Å². The molecule has 0 atom stereocenters. The van der Waals surface area contributed by atoms with Gasteiger partial charge in [0.05, 0.1) is 23.2 Å². The van der Waals surface area contributed by atoms with Crippen LogP contribution in [0.3, 0.4) is 0 Å². The number of benzene rings is 2. The van der Waals surface area contributed by atoms with E-state index in [4.69, 9.17) is 9.47 Å². The van der Waals surface area contributed by atoms with Crippen LogP contribution in [0.5, 0.6) is 5.75 Å². The second kappa shape index (κ2) is 11.0. The fourth-order valence-electron chi connectivity index (χ4n) is 2.62. The minimum absolute atomic E-state index is 0.0808. The van der Waals surface area contributed by atoms with Crippen LogP contribution >= 0.6 is 15.9 Å². The molecule has 0 spiro atoms. The number of esters is 1. The standard InChI is InChI=1S/C23H29BrN2O4/c1-5-29-21(27)16-7-10-18(11-8-16)26-22(28)25-13-6-14-30-20-12-9-17(15-19(20)24)23(2,3)4/h7-12,15H,5-6,13-14H2,1-4H3,(H2,25,26,28). The molecule has 0 aliphatic carbocycles. The first-order chi connectivity index (χ1) is 14.2. The normalized spacial score (nSPS) is 11.0. The van der Waals surface area contributed by atoms with Crippen molar-refractivity contribution < 1.29 is 19.1 Å². The molecule has 2 rings (SSSR count). The Balaban J connectivity index is 1.71. The van der Waals surface area contributed by atoms with Crippen LogP contribution in [0, 0.1) is 0 Å². The number of rotatable bonds is 8. The molecule has 0 saturated heterocycles. The van der Waals surface area contributed by atoms with Gasteiger partial charge in [0, 0.05) is 12.2 Å². The maximum atomic E-state index is 12.0. The molecule has 0 radical (unpaired) electrons. The van der Waals surface area contributed by atoms with E-state index >= 15 is 0 Å². The number of amides is 2. The highest BCUT2D eigenvalue weighted by Crippen LogP contribution is 2.31. The SMILES string of the molecule is CCOC(=O)c1ccc(NC(=O)NCCCOc2ccc(C(C)(C)C)cc2Br)cc1. The molecule has 2 N–H and O–H groups in total. The van der Waals surface area contributed by atoms with Crippen LogP contribution in [0.1, 0.15) is 50.0 Å². The van der Waals surface area contributed by atoms with Crippen molar-refractivity contribution in [2.24, 2.45) is 0 Å². The smallest absolute Gasteiger partial charge is 0.338 e. The molecule has 2 amide bonds. The molecule has 162 valence electrons. The van der Waals surface area contributed by atoms with Gasteiger partial charge in [-0.2, -0.15) is 0 Å². The summed E-state index contributed by atoms with van der Waals surface area (Å²) < 4.78 is 11.7. The monoisotopic (exact) mass is 476 g/mol. The number of halogens is 1. The Bertz CT molecular complexity index is 860. The maximum absolute atomic E-state index is 12.0. The number of hydrogen-bond donors (Lipinski definition) is 2. The van der Waals surface area contributed by atoms with Crippen molar-refractivity contribution in [3.05, 3.63) is 58.1 Å². The maximum Gasteiger partial charge on any atom is 0.338 e. The summed E-state index contributed by atoms with van der Waals surface area (Å²) in [6.45, 7) is 9.55. The lowest BCUT2D eigenvalue weighted by atomic mass is 9.87. The second-order valence-electron chi connectivity index (χ2n) is 7.78. The van der Waals surface area contributed by atoms with Gasteiger partial charge in [0.15, 0.2) is 0 Å². The van der Waals surface area contributed by atoms with Gasteiger partial charge in [-0.05, 0) is 76.7 Å². The average molecular weight is 477 g/mol. The number of nitrogens with one attached hydrogen (secondary N) is 2. The third-order valence-electron chi connectivity index (χ3n) is 4.32. The average Bonchev–Trinajstić information content (AvgIpc) is 2.68. The highest BCUT2D eigenvalue weighted by Gasteiger charge is 2.15. The molecule has 30 heavy (non-hydrogen) atoms. The summed E-state index contributed by atoms with van der Waals surface area (Å²) >= 11 is 3.56. The number of hydrogen-bond acceptors (Lipinski definition) is 4. The van der Waals surface area contributed by atoms with Crippen molar-refractivity contribution in [2.45, 2.75) is 39.5 Å². The van der Waals surface area contributed by atoms with E-state index in [-0.39, 0.29) is 17.4 Å². The van der Waals surface area contributed by atoms with E-state index in [9.17, 15) is 9.59 Å². The Morgan fingerprint density at radius 2 is 1.77 bits per heavy atom. The van der Waals surface area contributed by atoms with E-state index in [0.29, 0.717) is 37.4 Å². The Hall–Kier alpha value is -2.54. The number of carbonyl (C=O) groups is 2. The first kappa shape index (κ1) is 23.7. The van der Waals surface area contributed by atoms with Crippen LogP contribution in [0.15, 0.2) is 46.9 Å². The van der Waals surface area contributed by atoms with Crippen molar-refractivity contribution in [2.75, 3.05) is 25.1 Å². The van der Waals surface area contributed by atoms with E-state index in [0.717, 1.165) is 10.2 Å². The lowest BCUT2D eigenvalue weighted by molar-refractivity contribution is 0.0526.